The summed E-state index contributed by atoms with van der Waals surface area (Å²) in [6, 6.07) is 5.91. The third-order valence-corrected chi connectivity index (χ3v) is 4.96. The van der Waals surface area contributed by atoms with Crippen LogP contribution in [0.25, 0.3) is 0 Å². The molecule has 0 spiro atoms. The number of nitrogens with zero attached hydrogens (tertiary/aromatic N) is 1. The number of amides is 1. The van der Waals surface area contributed by atoms with Crippen LogP contribution in [0.2, 0.25) is 0 Å². The van der Waals surface area contributed by atoms with Crippen molar-refractivity contribution in [3.63, 3.8) is 0 Å². The standard InChI is InChI=1S/C17H26N2O2S/c1-14-15(17(21)19-9-12-22-13-10-19)6-5-7-16(14)18-8-3-2-4-11-20/h5-7,18,20H,2-4,8-13H2,1H3. The number of rotatable bonds is 7. The molecule has 0 radical (unpaired) electrons. The summed E-state index contributed by atoms with van der Waals surface area (Å²) in [5.74, 6) is 2.22. The molecule has 122 valence electrons. The highest BCUT2D eigenvalue weighted by molar-refractivity contribution is 7.99. The van der Waals surface area contributed by atoms with Crippen molar-refractivity contribution in [3.05, 3.63) is 29.3 Å². The lowest BCUT2D eigenvalue weighted by molar-refractivity contribution is 0.0771. The van der Waals surface area contributed by atoms with Crippen LogP contribution in [0, 0.1) is 6.92 Å². The Hall–Kier alpha value is -1.20. The predicted molar refractivity (Wildman–Crippen MR) is 93.8 cm³/mol. The molecule has 1 amide bonds. The quantitative estimate of drug-likeness (QED) is 0.758. The molecule has 1 aromatic rings. The minimum atomic E-state index is 0.154. The van der Waals surface area contributed by atoms with Gasteiger partial charge in [0.15, 0.2) is 0 Å². The summed E-state index contributed by atoms with van der Waals surface area (Å²) in [5, 5.41) is 12.2. The predicted octanol–water partition coefficient (Wildman–Crippen LogP) is 2.76. The Labute approximate surface area is 137 Å². The first-order valence-corrected chi connectivity index (χ1v) is 9.21. The van der Waals surface area contributed by atoms with Gasteiger partial charge in [-0.15, -0.1) is 0 Å². The zero-order valence-corrected chi connectivity index (χ0v) is 14.1. The molecule has 2 rings (SSSR count). The average Bonchev–Trinajstić information content (AvgIpc) is 2.56. The van der Waals surface area contributed by atoms with Crippen LogP contribution in [0.4, 0.5) is 5.69 Å². The van der Waals surface area contributed by atoms with E-state index in [1.807, 2.05) is 41.8 Å². The summed E-state index contributed by atoms with van der Waals surface area (Å²) < 4.78 is 0. The molecule has 1 aliphatic heterocycles. The first-order valence-electron chi connectivity index (χ1n) is 8.05. The smallest absolute Gasteiger partial charge is 0.254 e. The maximum absolute atomic E-state index is 12.6. The summed E-state index contributed by atoms with van der Waals surface area (Å²) in [5.41, 5.74) is 2.89. The third-order valence-electron chi connectivity index (χ3n) is 4.01. The maximum Gasteiger partial charge on any atom is 0.254 e. The molecule has 1 aromatic carbocycles. The average molecular weight is 322 g/mol. The summed E-state index contributed by atoms with van der Waals surface area (Å²) in [6.45, 7) is 4.85. The molecule has 1 saturated heterocycles. The minimum absolute atomic E-state index is 0.154. The number of aliphatic hydroxyl groups excluding tert-OH is 1. The maximum atomic E-state index is 12.6. The monoisotopic (exact) mass is 322 g/mol. The molecular weight excluding hydrogens is 296 g/mol. The number of hydrogen-bond donors (Lipinski definition) is 2. The third kappa shape index (κ3) is 4.65. The van der Waals surface area contributed by atoms with Gasteiger partial charge in [-0.25, -0.2) is 0 Å². The van der Waals surface area contributed by atoms with Gasteiger partial charge in [0.2, 0.25) is 0 Å². The number of carbonyl (C=O) groups excluding carboxylic acids is 1. The Morgan fingerprint density at radius 1 is 1.27 bits per heavy atom. The molecule has 1 fully saturated rings. The van der Waals surface area contributed by atoms with Crippen molar-refractivity contribution in [1.82, 2.24) is 4.90 Å². The van der Waals surface area contributed by atoms with Crippen molar-refractivity contribution in [2.75, 3.05) is 43.1 Å². The molecule has 0 saturated carbocycles. The number of carbonyl (C=O) groups is 1. The van der Waals surface area contributed by atoms with Crippen LogP contribution in [0.5, 0.6) is 0 Å². The van der Waals surface area contributed by atoms with Crippen LogP contribution in [0.3, 0.4) is 0 Å². The largest absolute Gasteiger partial charge is 0.396 e. The Kier molecular flexibility index (Phi) is 7.06. The molecule has 0 aliphatic carbocycles. The van der Waals surface area contributed by atoms with Gasteiger partial charge in [0.05, 0.1) is 0 Å². The molecule has 1 aliphatic rings. The van der Waals surface area contributed by atoms with E-state index < -0.39 is 0 Å². The van der Waals surface area contributed by atoms with E-state index in [4.69, 9.17) is 5.11 Å². The topological polar surface area (TPSA) is 52.6 Å². The minimum Gasteiger partial charge on any atom is -0.396 e. The summed E-state index contributed by atoms with van der Waals surface area (Å²) >= 11 is 1.91. The second-order valence-electron chi connectivity index (χ2n) is 5.59. The van der Waals surface area contributed by atoms with Gasteiger partial charge in [0.25, 0.3) is 5.91 Å². The van der Waals surface area contributed by atoms with E-state index >= 15 is 0 Å². The lowest BCUT2D eigenvalue weighted by Crippen LogP contribution is -2.38. The van der Waals surface area contributed by atoms with Gasteiger partial charge < -0.3 is 15.3 Å². The fourth-order valence-corrected chi connectivity index (χ4v) is 3.54. The van der Waals surface area contributed by atoms with Crippen LogP contribution in [-0.2, 0) is 0 Å². The molecule has 0 aromatic heterocycles. The van der Waals surface area contributed by atoms with Crippen LogP contribution < -0.4 is 5.32 Å². The number of hydrogen-bond acceptors (Lipinski definition) is 4. The Morgan fingerprint density at radius 3 is 2.77 bits per heavy atom. The second kappa shape index (κ2) is 9.06. The van der Waals surface area contributed by atoms with Gasteiger partial charge in [-0.3, -0.25) is 4.79 Å². The van der Waals surface area contributed by atoms with E-state index in [0.29, 0.717) is 0 Å². The number of thioether (sulfide) groups is 1. The normalized spacial score (nSPS) is 14.9. The molecule has 0 bridgehead atoms. The van der Waals surface area contributed by atoms with Gasteiger partial charge in [-0.2, -0.15) is 11.8 Å². The second-order valence-corrected chi connectivity index (χ2v) is 6.82. The lowest BCUT2D eigenvalue weighted by Gasteiger charge is -2.27. The number of benzene rings is 1. The summed E-state index contributed by atoms with van der Waals surface area (Å²) in [4.78, 5) is 14.6. The van der Waals surface area contributed by atoms with Gasteiger partial charge in [0.1, 0.15) is 0 Å². The highest BCUT2D eigenvalue weighted by Crippen LogP contribution is 2.22. The molecule has 2 N–H and O–H groups in total. The van der Waals surface area contributed by atoms with Gasteiger partial charge in [-0.1, -0.05) is 6.07 Å². The van der Waals surface area contributed by atoms with Gasteiger partial charge >= 0.3 is 0 Å². The van der Waals surface area contributed by atoms with Crippen molar-refractivity contribution in [2.24, 2.45) is 0 Å². The SMILES string of the molecule is Cc1c(NCCCCCO)cccc1C(=O)N1CCSCC1. The first-order chi connectivity index (χ1) is 10.7. The Bertz CT molecular complexity index is 488. The van der Waals surface area contributed by atoms with Crippen molar-refractivity contribution < 1.29 is 9.90 Å². The van der Waals surface area contributed by atoms with E-state index in [0.717, 1.165) is 67.2 Å². The number of nitrogens with one attached hydrogen (secondary N) is 1. The highest BCUT2D eigenvalue weighted by Gasteiger charge is 2.20. The molecule has 0 unspecified atom stereocenters. The molecule has 0 atom stereocenters. The van der Waals surface area contributed by atoms with E-state index in [2.05, 4.69) is 5.32 Å². The fraction of sp³-hybridized carbons (Fsp3) is 0.588. The van der Waals surface area contributed by atoms with Crippen molar-refractivity contribution >= 4 is 23.4 Å². The van der Waals surface area contributed by atoms with Crippen molar-refractivity contribution in [2.45, 2.75) is 26.2 Å². The fourth-order valence-electron chi connectivity index (χ4n) is 2.63. The highest BCUT2D eigenvalue weighted by atomic mass is 32.2. The van der Waals surface area contributed by atoms with E-state index in [1.54, 1.807) is 0 Å². The summed E-state index contributed by atoms with van der Waals surface area (Å²) in [7, 11) is 0. The van der Waals surface area contributed by atoms with E-state index in [1.165, 1.54) is 0 Å². The molecule has 4 nitrogen and oxygen atoms in total. The van der Waals surface area contributed by atoms with Crippen molar-refractivity contribution in [3.8, 4) is 0 Å². The van der Waals surface area contributed by atoms with Crippen LogP contribution in [0.1, 0.15) is 35.2 Å². The van der Waals surface area contributed by atoms with Gasteiger partial charge in [-0.05, 0) is 43.9 Å². The van der Waals surface area contributed by atoms with Crippen LogP contribution in [0.15, 0.2) is 18.2 Å². The van der Waals surface area contributed by atoms with Crippen molar-refractivity contribution in [1.29, 1.82) is 0 Å². The molecule has 22 heavy (non-hydrogen) atoms. The summed E-state index contributed by atoms with van der Waals surface area (Å²) in [6.07, 6.45) is 2.90. The zero-order chi connectivity index (χ0) is 15.8. The lowest BCUT2D eigenvalue weighted by atomic mass is 10.0. The van der Waals surface area contributed by atoms with Crippen LogP contribution in [-0.4, -0.2) is 53.7 Å². The van der Waals surface area contributed by atoms with E-state index in [9.17, 15) is 4.79 Å². The van der Waals surface area contributed by atoms with E-state index in [-0.39, 0.29) is 12.5 Å². The number of aliphatic hydroxyl groups is 1. The number of anilines is 1. The molecular formula is C17H26N2O2S. The Balaban J connectivity index is 1.97. The molecule has 1 heterocycles. The first kappa shape index (κ1) is 17.2. The Morgan fingerprint density at radius 2 is 2.05 bits per heavy atom. The molecule has 5 heteroatoms. The van der Waals surface area contributed by atoms with Gasteiger partial charge in [0, 0.05) is 49.0 Å². The van der Waals surface area contributed by atoms with Crippen LogP contribution >= 0.6 is 11.8 Å². The number of unbranched alkanes of at least 4 members (excludes halogenated alkanes) is 2. The zero-order valence-electron chi connectivity index (χ0n) is 13.3.